The molecular weight excluding hydrogens is 295 g/mol. The zero-order valence-electron chi connectivity index (χ0n) is 11.6. The molecule has 0 spiro atoms. The van der Waals surface area contributed by atoms with E-state index in [1.54, 1.807) is 36.4 Å². The highest BCUT2D eigenvalue weighted by molar-refractivity contribution is 5.94. The minimum atomic E-state index is -4.36. The molecule has 0 fully saturated rings. The van der Waals surface area contributed by atoms with Crippen molar-refractivity contribution in [3.8, 4) is 5.75 Å². The SMILES string of the molecule is O=C(NCc1ccc(OCC(F)(F)F)cc1)c1ccccc1. The first-order valence-electron chi connectivity index (χ1n) is 6.56. The summed E-state index contributed by atoms with van der Waals surface area (Å²) in [6.07, 6.45) is -4.36. The molecule has 6 heteroatoms. The lowest BCUT2D eigenvalue weighted by molar-refractivity contribution is -0.153. The van der Waals surface area contributed by atoms with Gasteiger partial charge in [0.1, 0.15) is 5.75 Å². The predicted octanol–water partition coefficient (Wildman–Crippen LogP) is 3.56. The maximum absolute atomic E-state index is 12.0. The number of carbonyl (C=O) groups is 1. The van der Waals surface area contributed by atoms with E-state index in [0.29, 0.717) is 5.56 Å². The molecule has 0 saturated heterocycles. The molecule has 0 atom stereocenters. The zero-order chi connectivity index (χ0) is 16.0. The number of carbonyl (C=O) groups excluding carboxylic acids is 1. The van der Waals surface area contributed by atoms with Crippen molar-refractivity contribution in [3.05, 3.63) is 65.7 Å². The first-order valence-corrected chi connectivity index (χ1v) is 6.56. The van der Waals surface area contributed by atoms with Gasteiger partial charge in [-0.25, -0.2) is 0 Å². The van der Waals surface area contributed by atoms with Gasteiger partial charge in [0.25, 0.3) is 5.91 Å². The van der Waals surface area contributed by atoms with Crippen molar-refractivity contribution < 1.29 is 22.7 Å². The van der Waals surface area contributed by atoms with Gasteiger partial charge in [0.2, 0.25) is 0 Å². The number of hydrogen-bond acceptors (Lipinski definition) is 2. The Hall–Kier alpha value is -2.50. The normalized spacial score (nSPS) is 11.0. The summed E-state index contributed by atoms with van der Waals surface area (Å²) in [4.78, 5) is 11.8. The van der Waals surface area contributed by atoms with Crippen LogP contribution in [0.5, 0.6) is 5.75 Å². The van der Waals surface area contributed by atoms with Crippen molar-refractivity contribution in [3.63, 3.8) is 0 Å². The van der Waals surface area contributed by atoms with Gasteiger partial charge in [-0.2, -0.15) is 13.2 Å². The quantitative estimate of drug-likeness (QED) is 0.917. The number of rotatable bonds is 5. The minimum Gasteiger partial charge on any atom is -0.484 e. The van der Waals surface area contributed by atoms with Gasteiger partial charge in [-0.1, -0.05) is 30.3 Å². The monoisotopic (exact) mass is 309 g/mol. The minimum absolute atomic E-state index is 0.135. The van der Waals surface area contributed by atoms with Crippen LogP contribution in [0.1, 0.15) is 15.9 Å². The first-order chi connectivity index (χ1) is 10.4. The number of hydrogen-bond donors (Lipinski definition) is 1. The summed E-state index contributed by atoms with van der Waals surface area (Å²) in [5, 5.41) is 2.73. The van der Waals surface area contributed by atoms with E-state index < -0.39 is 12.8 Å². The molecular formula is C16H14F3NO2. The average Bonchev–Trinajstić information content (AvgIpc) is 2.52. The van der Waals surface area contributed by atoms with E-state index in [0.717, 1.165) is 5.56 Å². The van der Waals surface area contributed by atoms with E-state index in [2.05, 4.69) is 10.1 Å². The summed E-state index contributed by atoms with van der Waals surface area (Å²) in [7, 11) is 0. The van der Waals surface area contributed by atoms with Gasteiger partial charge in [-0.3, -0.25) is 4.79 Å². The van der Waals surface area contributed by atoms with Crippen LogP contribution in [0.3, 0.4) is 0 Å². The van der Waals surface area contributed by atoms with Gasteiger partial charge < -0.3 is 10.1 Å². The molecule has 1 N–H and O–H groups in total. The molecule has 2 aromatic rings. The van der Waals surface area contributed by atoms with Crippen molar-refractivity contribution in [1.82, 2.24) is 5.32 Å². The number of alkyl halides is 3. The summed E-state index contributed by atoms with van der Waals surface area (Å²) in [5.74, 6) is -0.0755. The first kappa shape index (κ1) is 15.9. The molecule has 0 bridgehead atoms. The molecule has 0 saturated carbocycles. The van der Waals surface area contributed by atoms with Crippen LogP contribution in [0.2, 0.25) is 0 Å². The summed E-state index contributed by atoms with van der Waals surface area (Å²) >= 11 is 0. The van der Waals surface area contributed by atoms with Crippen LogP contribution in [0.15, 0.2) is 54.6 Å². The largest absolute Gasteiger partial charge is 0.484 e. The van der Waals surface area contributed by atoms with E-state index in [1.807, 2.05) is 6.07 Å². The highest BCUT2D eigenvalue weighted by atomic mass is 19.4. The van der Waals surface area contributed by atoms with E-state index in [9.17, 15) is 18.0 Å². The maximum Gasteiger partial charge on any atom is 0.422 e. The Labute approximate surface area is 125 Å². The highest BCUT2D eigenvalue weighted by Gasteiger charge is 2.28. The van der Waals surface area contributed by atoms with Crippen molar-refractivity contribution in [2.45, 2.75) is 12.7 Å². The van der Waals surface area contributed by atoms with Crippen LogP contribution in [-0.2, 0) is 6.54 Å². The molecule has 3 nitrogen and oxygen atoms in total. The van der Waals surface area contributed by atoms with E-state index in [-0.39, 0.29) is 18.2 Å². The molecule has 0 aliphatic rings. The fourth-order valence-corrected chi connectivity index (χ4v) is 1.74. The Morgan fingerprint density at radius 3 is 2.23 bits per heavy atom. The van der Waals surface area contributed by atoms with Gasteiger partial charge in [-0.15, -0.1) is 0 Å². The summed E-state index contributed by atoms with van der Waals surface area (Å²) in [6.45, 7) is -1.04. The van der Waals surface area contributed by atoms with Crippen molar-refractivity contribution in [2.24, 2.45) is 0 Å². The molecule has 0 aromatic heterocycles. The average molecular weight is 309 g/mol. The van der Waals surface area contributed by atoms with Gasteiger partial charge in [0, 0.05) is 12.1 Å². The number of halogens is 3. The van der Waals surface area contributed by atoms with E-state index in [4.69, 9.17) is 0 Å². The second-order valence-corrected chi connectivity index (χ2v) is 4.60. The van der Waals surface area contributed by atoms with Gasteiger partial charge in [0.05, 0.1) is 0 Å². The van der Waals surface area contributed by atoms with Crippen LogP contribution in [-0.4, -0.2) is 18.7 Å². The van der Waals surface area contributed by atoms with Gasteiger partial charge in [-0.05, 0) is 29.8 Å². The molecule has 0 aliphatic heterocycles. The second-order valence-electron chi connectivity index (χ2n) is 4.60. The van der Waals surface area contributed by atoms with Crippen molar-refractivity contribution in [2.75, 3.05) is 6.61 Å². The van der Waals surface area contributed by atoms with Gasteiger partial charge >= 0.3 is 6.18 Å². The third-order valence-corrected chi connectivity index (χ3v) is 2.81. The summed E-state index contributed by atoms with van der Waals surface area (Å²) in [6, 6.07) is 14.8. The second kappa shape index (κ2) is 6.98. The smallest absolute Gasteiger partial charge is 0.422 e. The lowest BCUT2D eigenvalue weighted by Gasteiger charge is -2.10. The van der Waals surface area contributed by atoms with Crippen LogP contribution in [0.25, 0.3) is 0 Å². The number of ether oxygens (including phenoxy) is 1. The maximum atomic E-state index is 12.0. The lowest BCUT2D eigenvalue weighted by atomic mass is 10.2. The molecule has 0 radical (unpaired) electrons. The summed E-state index contributed by atoms with van der Waals surface area (Å²) in [5.41, 5.74) is 1.32. The summed E-state index contributed by atoms with van der Waals surface area (Å²) < 4.78 is 40.7. The van der Waals surface area contributed by atoms with Crippen molar-refractivity contribution >= 4 is 5.91 Å². The topological polar surface area (TPSA) is 38.3 Å². The molecule has 22 heavy (non-hydrogen) atoms. The standard InChI is InChI=1S/C16H14F3NO2/c17-16(18,19)11-22-14-8-6-12(7-9-14)10-20-15(21)13-4-2-1-3-5-13/h1-9H,10-11H2,(H,20,21). The van der Waals surface area contributed by atoms with Crippen LogP contribution in [0, 0.1) is 0 Å². The van der Waals surface area contributed by atoms with Gasteiger partial charge in [0.15, 0.2) is 6.61 Å². The van der Waals surface area contributed by atoms with E-state index >= 15 is 0 Å². The Morgan fingerprint density at radius 2 is 1.64 bits per heavy atom. The third-order valence-electron chi connectivity index (χ3n) is 2.81. The zero-order valence-corrected chi connectivity index (χ0v) is 11.6. The lowest BCUT2D eigenvalue weighted by Crippen LogP contribution is -2.22. The molecule has 0 unspecified atom stereocenters. The number of benzene rings is 2. The molecule has 1 amide bonds. The van der Waals surface area contributed by atoms with Crippen LogP contribution in [0.4, 0.5) is 13.2 Å². The number of nitrogens with one attached hydrogen (secondary N) is 1. The third kappa shape index (κ3) is 5.12. The molecule has 0 aliphatic carbocycles. The highest BCUT2D eigenvalue weighted by Crippen LogP contribution is 2.18. The molecule has 116 valence electrons. The fourth-order valence-electron chi connectivity index (χ4n) is 1.74. The van der Waals surface area contributed by atoms with Crippen LogP contribution >= 0.6 is 0 Å². The Balaban J connectivity index is 1.85. The van der Waals surface area contributed by atoms with E-state index in [1.165, 1.54) is 12.1 Å². The predicted molar refractivity (Wildman–Crippen MR) is 75.6 cm³/mol. The molecule has 2 rings (SSSR count). The molecule has 2 aromatic carbocycles. The van der Waals surface area contributed by atoms with Crippen LogP contribution < -0.4 is 10.1 Å². The Bertz CT molecular complexity index is 610. The Kier molecular flexibility index (Phi) is 5.04. The number of amides is 1. The Morgan fingerprint density at radius 1 is 1.00 bits per heavy atom. The fraction of sp³-hybridized carbons (Fsp3) is 0.188. The molecule has 0 heterocycles. The van der Waals surface area contributed by atoms with Crippen molar-refractivity contribution in [1.29, 1.82) is 0 Å².